The number of carbonyl (C=O) groups excluding carboxylic acids is 4. The highest BCUT2D eigenvalue weighted by atomic mass is 35.5. The van der Waals surface area contributed by atoms with E-state index >= 15 is 0 Å². The van der Waals surface area contributed by atoms with Crippen molar-refractivity contribution >= 4 is 40.7 Å². The second-order valence-corrected chi connectivity index (χ2v) is 9.41. The monoisotopic (exact) mass is 501 g/mol. The molecule has 2 aliphatic heterocycles. The summed E-state index contributed by atoms with van der Waals surface area (Å²) >= 11 is 6.06. The van der Waals surface area contributed by atoms with E-state index in [0.29, 0.717) is 28.6 Å². The van der Waals surface area contributed by atoms with Gasteiger partial charge < -0.3 is 9.47 Å². The second-order valence-electron chi connectivity index (χ2n) is 8.97. The smallest absolute Gasteiger partial charge is 0.241 e. The van der Waals surface area contributed by atoms with E-state index in [0.717, 1.165) is 4.90 Å². The predicted molar refractivity (Wildman–Crippen MR) is 130 cm³/mol. The van der Waals surface area contributed by atoms with Crippen LogP contribution in [0.1, 0.15) is 39.3 Å². The standard InChI is InChI=1S/C28H20ClNO6/c1-2-35-18-13-11-17(12-14-18)30-26(33)21-22(27(30)34)28(36-23(21)15-7-9-16(29)10-8-15)24(31)19-5-3-4-6-20(19)25(28)32/h3-14,21-23H,2H2,1H3/t21-,22-,23-/m0/s1. The number of Topliss-reactive ketones (excluding diaryl/α,β-unsaturated/α-hetero) is 2. The minimum absolute atomic E-state index is 0.192. The number of imide groups is 1. The fraction of sp³-hybridized carbons (Fsp3) is 0.214. The third-order valence-corrected chi connectivity index (χ3v) is 7.38. The van der Waals surface area contributed by atoms with Crippen LogP contribution in [0, 0.1) is 11.8 Å². The number of hydrogen-bond acceptors (Lipinski definition) is 6. The van der Waals surface area contributed by atoms with Crippen LogP contribution in [-0.2, 0) is 14.3 Å². The molecule has 3 aromatic rings. The summed E-state index contributed by atoms with van der Waals surface area (Å²) in [6.45, 7) is 2.32. The summed E-state index contributed by atoms with van der Waals surface area (Å²) in [5.74, 6) is -4.12. The van der Waals surface area contributed by atoms with Gasteiger partial charge in [-0.25, -0.2) is 4.90 Å². The summed E-state index contributed by atoms with van der Waals surface area (Å²) in [5.41, 5.74) is -0.831. The van der Waals surface area contributed by atoms with Gasteiger partial charge in [0.2, 0.25) is 29.0 Å². The summed E-state index contributed by atoms with van der Waals surface area (Å²) in [6, 6.07) is 19.6. The maximum absolute atomic E-state index is 13.9. The minimum Gasteiger partial charge on any atom is -0.494 e. The Hall–Kier alpha value is -3.81. The fourth-order valence-electron chi connectivity index (χ4n) is 5.58. The molecule has 0 saturated carbocycles. The number of fused-ring (bicyclic) bond motifs is 3. The molecule has 2 fully saturated rings. The van der Waals surface area contributed by atoms with E-state index in [1.54, 1.807) is 72.8 Å². The Balaban J connectivity index is 1.49. The first kappa shape index (κ1) is 22.6. The zero-order valence-corrected chi connectivity index (χ0v) is 19.9. The molecule has 36 heavy (non-hydrogen) atoms. The maximum atomic E-state index is 13.9. The Morgan fingerprint density at radius 1 is 0.861 bits per heavy atom. The Labute approximate surface area is 211 Å². The van der Waals surface area contributed by atoms with Gasteiger partial charge in [0.05, 0.1) is 30.2 Å². The van der Waals surface area contributed by atoms with Crippen LogP contribution in [0.2, 0.25) is 5.02 Å². The third-order valence-electron chi connectivity index (χ3n) is 7.12. The largest absolute Gasteiger partial charge is 0.494 e. The summed E-state index contributed by atoms with van der Waals surface area (Å²) in [4.78, 5) is 56.3. The summed E-state index contributed by atoms with van der Waals surface area (Å²) < 4.78 is 11.7. The lowest BCUT2D eigenvalue weighted by Gasteiger charge is -2.27. The quantitative estimate of drug-likeness (QED) is 0.388. The number of amides is 2. The molecule has 2 saturated heterocycles. The molecule has 3 aromatic carbocycles. The first-order valence-corrected chi connectivity index (χ1v) is 12.0. The van der Waals surface area contributed by atoms with Crippen LogP contribution in [0.25, 0.3) is 0 Å². The van der Waals surface area contributed by atoms with Crippen molar-refractivity contribution in [3.63, 3.8) is 0 Å². The van der Waals surface area contributed by atoms with Crippen molar-refractivity contribution in [2.24, 2.45) is 11.8 Å². The van der Waals surface area contributed by atoms with Crippen molar-refractivity contribution in [2.75, 3.05) is 11.5 Å². The lowest BCUT2D eigenvalue weighted by Crippen LogP contribution is -2.51. The molecule has 0 radical (unpaired) electrons. The first-order chi connectivity index (χ1) is 17.4. The van der Waals surface area contributed by atoms with Crippen molar-refractivity contribution in [3.8, 4) is 5.75 Å². The van der Waals surface area contributed by atoms with Gasteiger partial charge in [0.25, 0.3) is 0 Å². The summed E-state index contributed by atoms with van der Waals surface area (Å²) in [7, 11) is 0. The summed E-state index contributed by atoms with van der Waals surface area (Å²) in [5, 5.41) is 0.480. The number of ketones is 2. The number of benzene rings is 3. The first-order valence-electron chi connectivity index (χ1n) is 11.6. The van der Waals surface area contributed by atoms with Crippen LogP contribution in [0.3, 0.4) is 0 Å². The highest BCUT2D eigenvalue weighted by Gasteiger charge is 2.74. The zero-order valence-electron chi connectivity index (χ0n) is 19.1. The molecule has 0 N–H and O–H groups in total. The van der Waals surface area contributed by atoms with Gasteiger partial charge in [-0.15, -0.1) is 0 Å². The van der Waals surface area contributed by atoms with E-state index in [9.17, 15) is 19.2 Å². The van der Waals surface area contributed by atoms with E-state index in [-0.39, 0.29) is 11.1 Å². The molecule has 3 aliphatic rings. The molecule has 0 aromatic heterocycles. The van der Waals surface area contributed by atoms with E-state index in [4.69, 9.17) is 21.1 Å². The molecular weight excluding hydrogens is 482 g/mol. The van der Waals surface area contributed by atoms with Gasteiger partial charge in [-0.1, -0.05) is 48.0 Å². The van der Waals surface area contributed by atoms with Crippen molar-refractivity contribution in [1.82, 2.24) is 0 Å². The molecule has 1 spiro atoms. The predicted octanol–water partition coefficient (Wildman–Crippen LogP) is 4.43. The van der Waals surface area contributed by atoms with Crippen molar-refractivity contribution in [1.29, 1.82) is 0 Å². The number of halogens is 1. The Morgan fingerprint density at radius 2 is 1.47 bits per heavy atom. The van der Waals surface area contributed by atoms with Crippen LogP contribution in [0.5, 0.6) is 5.75 Å². The average molecular weight is 502 g/mol. The molecule has 3 atom stereocenters. The molecule has 2 amide bonds. The van der Waals surface area contributed by atoms with Gasteiger partial charge in [-0.3, -0.25) is 19.2 Å². The minimum atomic E-state index is -2.11. The molecular formula is C28H20ClNO6. The fourth-order valence-corrected chi connectivity index (χ4v) is 5.71. The molecule has 8 heteroatoms. The lowest BCUT2D eigenvalue weighted by molar-refractivity contribution is -0.127. The Bertz CT molecular complexity index is 1400. The summed E-state index contributed by atoms with van der Waals surface area (Å²) in [6.07, 6.45) is -0.987. The molecule has 7 nitrogen and oxygen atoms in total. The molecule has 180 valence electrons. The second kappa shape index (κ2) is 8.11. The van der Waals surface area contributed by atoms with Crippen molar-refractivity contribution in [2.45, 2.75) is 18.6 Å². The van der Waals surface area contributed by atoms with E-state index < -0.39 is 46.9 Å². The van der Waals surface area contributed by atoms with Gasteiger partial charge in [-0.2, -0.15) is 0 Å². The van der Waals surface area contributed by atoms with Gasteiger partial charge in [0, 0.05) is 16.1 Å². The third kappa shape index (κ3) is 2.96. The normalized spacial score (nSPS) is 23.9. The number of rotatable bonds is 4. The molecule has 2 heterocycles. The Morgan fingerprint density at radius 3 is 2.06 bits per heavy atom. The average Bonchev–Trinajstić information content (AvgIpc) is 3.45. The molecule has 0 bridgehead atoms. The van der Waals surface area contributed by atoms with Crippen LogP contribution >= 0.6 is 11.6 Å². The van der Waals surface area contributed by atoms with Gasteiger partial charge >= 0.3 is 0 Å². The number of anilines is 1. The van der Waals surface area contributed by atoms with E-state index in [1.165, 1.54) is 0 Å². The van der Waals surface area contributed by atoms with Crippen LogP contribution in [0.4, 0.5) is 5.69 Å². The van der Waals surface area contributed by atoms with Crippen molar-refractivity contribution in [3.05, 3.63) is 94.5 Å². The van der Waals surface area contributed by atoms with Gasteiger partial charge in [0.15, 0.2) is 0 Å². The number of nitrogens with zero attached hydrogens (tertiary/aromatic N) is 1. The van der Waals surface area contributed by atoms with Crippen LogP contribution < -0.4 is 9.64 Å². The number of ether oxygens (including phenoxy) is 2. The molecule has 0 unspecified atom stereocenters. The van der Waals surface area contributed by atoms with Crippen LogP contribution in [-0.4, -0.2) is 35.6 Å². The zero-order chi connectivity index (χ0) is 25.2. The van der Waals surface area contributed by atoms with Crippen molar-refractivity contribution < 1.29 is 28.7 Å². The highest BCUT2D eigenvalue weighted by molar-refractivity contribution is 6.37. The van der Waals surface area contributed by atoms with Gasteiger partial charge in [0.1, 0.15) is 5.75 Å². The molecule has 1 aliphatic carbocycles. The topological polar surface area (TPSA) is 90.0 Å². The van der Waals surface area contributed by atoms with Gasteiger partial charge in [-0.05, 0) is 48.9 Å². The maximum Gasteiger partial charge on any atom is 0.241 e. The number of hydrogen-bond donors (Lipinski definition) is 0. The molecule has 6 rings (SSSR count). The number of carbonyl (C=O) groups is 4. The highest BCUT2D eigenvalue weighted by Crippen LogP contribution is 2.57. The van der Waals surface area contributed by atoms with Crippen LogP contribution in [0.15, 0.2) is 72.8 Å². The van der Waals surface area contributed by atoms with E-state index in [1.807, 2.05) is 6.92 Å². The SMILES string of the molecule is CCOc1ccc(N2C(=O)[C@H]3[C@@H](C2=O)C2(O[C@H]3c3ccc(Cl)cc3)C(=O)c3ccccc3C2=O)cc1. The Kier molecular flexibility index (Phi) is 5.10. The van der Waals surface area contributed by atoms with E-state index in [2.05, 4.69) is 0 Å². The lowest BCUT2D eigenvalue weighted by atomic mass is 9.77.